The van der Waals surface area contributed by atoms with Crippen LogP contribution in [0.2, 0.25) is 0 Å². The fraction of sp³-hybridized carbons (Fsp3) is 0.320. The Labute approximate surface area is 182 Å². The van der Waals surface area contributed by atoms with Crippen LogP contribution in [0.4, 0.5) is 11.4 Å². The normalized spacial score (nSPS) is 13.9. The molecule has 3 N–H and O–H groups in total. The predicted molar refractivity (Wildman–Crippen MR) is 126 cm³/mol. The molecule has 6 heteroatoms. The summed E-state index contributed by atoms with van der Waals surface area (Å²) in [5.74, 6) is 1.99. The molecular weight excluding hydrogens is 390 g/mol. The molecule has 0 bridgehead atoms. The van der Waals surface area contributed by atoms with Crippen LogP contribution in [0.25, 0.3) is 17.0 Å². The van der Waals surface area contributed by atoms with Gasteiger partial charge in [0.05, 0.1) is 25.1 Å². The van der Waals surface area contributed by atoms with Crippen molar-refractivity contribution in [3.8, 4) is 11.5 Å². The molecule has 0 amide bonds. The molecule has 6 nitrogen and oxygen atoms in total. The highest BCUT2D eigenvalue weighted by Gasteiger charge is 2.29. The quantitative estimate of drug-likeness (QED) is 0.298. The Balaban J connectivity index is 1.77. The molecule has 1 aliphatic rings. The second-order valence-electron chi connectivity index (χ2n) is 7.78. The molecule has 1 aliphatic carbocycles. The number of benzene rings is 2. The van der Waals surface area contributed by atoms with Gasteiger partial charge in [-0.05, 0) is 63.0 Å². The van der Waals surface area contributed by atoms with Crippen molar-refractivity contribution in [3.05, 3.63) is 53.7 Å². The number of rotatable bonds is 9. The molecule has 1 aromatic heterocycles. The lowest BCUT2D eigenvalue weighted by atomic mass is 9.78. The monoisotopic (exact) mass is 419 g/mol. The van der Waals surface area contributed by atoms with E-state index in [9.17, 15) is 4.79 Å². The third kappa shape index (κ3) is 4.24. The molecular formula is C25H29N3O3. The number of carbonyl (C=O) groups excluding carboxylic acids is 1. The highest BCUT2D eigenvalue weighted by atomic mass is 16.5. The van der Waals surface area contributed by atoms with E-state index in [1.807, 2.05) is 49.5 Å². The van der Waals surface area contributed by atoms with Crippen LogP contribution in [0.3, 0.4) is 0 Å². The number of hydrogen-bond donors (Lipinski definition) is 3. The van der Waals surface area contributed by atoms with Gasteiger partial charge in [-0.2, -0.15) is 0 Å². The average Bonchev–Trinajstić information content (AvgIpc) is 3.20. The molecule has 0 radical (unpaired) electrons. The van der Waals surface area contributed by atoms with Gasteiger partial charge in [-0.25, -0.2) is 0 Å². The molecule has 0 spiro atoms. The van der Waals surface area contributed by atoms with Crippen molar-refractivity contribution in [2.45, 2.75) is 39.0 Å². The third-order valence-corrected chi connectivity index (χ3v) is 5.75. The van der Waals surface area contributed by atoms with E-state index < -0.39 is 0 Å². The summed E-state index contributed by atoms with van der Waals surface area (Å²) in [4.78, 5) is 14.9. The smallest absolute Gasteiger partial charge is 0.152 e. The van der Waals surface area contributed by atoms with Gasteiger partial charge in [-0.15, -0.1) is 0 Å². The van der Waals surface area contributed by atoms with E-state index in [0.29, 0.717) is 12.5 Å². The Hall–Kier alpha value is -3.41. The Bertz CT molecular complexity index is 1110. The Morgan fingerprint density at radius 2 is 2.03 bits per heavy atom. The minimum atomic E-state index is -0.0165. The largest absolute Gasteiger partial charge is 0.496 e. The SMILES string of the molecule is CCOc1cc(NNc2cccc3[nH]ccc23)c(/C=C/C(C)=O)c(OC)c1C1CCC1. The van der Waals surface area contributed by atoms with Gasteiger partial charge in [0, 0.05) is 34.3 Å². The number of allylic oxidation sites excluding steroid dienone is 1. The zero-order chi connectivity index (χ0) is 21.8. The number of fused-ring (bicyclic) bond motifs is 1. The van der Waals surface area contributed by atoms with Gasteiger partial charge in [0.15, 0.2) is 5.78 Å². The van der Waals surface area contributed by atoms with E-state index in [1.54, 1.807) is 20.1 Å². The maximum absolute atomic E-state index is 11.7. The molecule has 1 heterocycles. The van der Waals surface area contributed by atoms with Crippen LogP contribution < -0.4 is 20.3 Å². The maximum atomic E-state index is 11.7. The van der Waals surface area contributed by atoms with Crippen molar-refractivity contribution >= 4 is 34.1 Å². The third-order valence-electron chi connectivity index (χ3n) is 5.75. The molecule has 162 valence electrons. The molecule has 4 rings (SSSR count). The molecule has 0 unspecified atom stereocenters. The molecule has 2 aromatic carbocycles. The molecule has 0 atom stereocenters. The lowest BCUT2D eigenvalue weighted by molar-refractivity contribution is -0.112. The van der Waals surface area contributed by atoms with E-state index in [1.165, 1.54) is 6.42 Å². The first-order valence-electron chi connectivity index (χ1n) is 10.8. The standard InChI is InChI=1S/C25H29N3O3/c1-4-31-23-15-22(28-27-21-10-6-9-20-18(21)13-14-26-20)19(12-11-16(2)29)25(30-3)24(23)17-7-5-8-17/h6,9-15,17,26-28H,4-5,7-8H2,1-3H3/b12-11+. The summed E-state index contributed by atoms with van der Waals surface area (Å²) in [6.07, 6.45) is 8.75. The van der Waals surface area contributed by atoms with E-state index in [-0.39, 0.29) is 5.78 Å². The van der Waals surface area contributed by atoms with Crippen molar-refractivity contribution in [1.29, 1.82) is 0 Å². The summed E-state index contributed by atoms with van der Waals surface area (Å²) in [6.45, 7) is 4.10. The number of hydrazine groups is 1. The zero-order valence-electron chi connectivity index (χ0n) is 18.2. The molecule has 1 saturated carbocycles. The van der Waals surface area contributed by atoms with Crippen molar-refractivity contribution in [2.75, 3.05) is 24.6 Å². The molecule has 31 heavy (non-hydrogen) atoms. The highest BCUT2D eigenvalue weighted by Crippen LogP contribution is 2.49. The number of anilines is 2. The minimum Gasteiger partial charge on any atom is -0.496 e. The molecule has 0 saturated heterocycles. The minimum absolute atomic E-state index is 0.0165. The maximum Gasteiger partial charge on any atom is 0.152 e. The number of nitrogens with one attached hydrogen (secondary N) is 3. The summed E-state index contributed by atoms with van der Waals surface area (Å²) < 4.78 is 11.9. The number of ether oxygens (including phenoxy) is 2. The average molecular weight is 420 g/mol. The predicted octanol–water partition coefficient (Wildman–Crippen LogP) is 5.88. The first kappa shape index (κ1) is 20.8. The van der Waals surface area contributed by atoms with Crippen molar-refractivity contribution in [3.63, 3.8) is 0 Å². The van der Waals surface area contributed by atoms with Gasteiger partial charge in [0.1, 0.15) is 11.5 Å². The summed E-state index contributed by atoms with van der Waals surface area (Å²) in [5, 5.41) is 1.08. The van der Waals surface area contributed by atoms with Crippen molar-refractivity contribution in [2.24, 2.45) is 0 Å². The van der Waals surface area contributed by atoms with Gasteiger partial charge in [0.25, 0.3) is 0 Å². The first-order valence-corrected chi connectivity index (χ1v) is 10.8. The topological polar surface area (TPSA) is 75.4 Å². The fourth-order valence-corrected chi connectivity index (χ4v) is 4.04. The lowest BCUT2D eigenvalue weighted by Gasteiger charge is -2.31. The number of carbonyl (C=O) groups is 1. The fourth-order valence-electron chi connectivity index (χ4n) is 4.04. The number of aromatic amines is 1. The van der Waals surface area contributed by atoms with Crippen molar-refractivity contribution in [1.82, 2.24) is 4.98 Å². The Morgan fingerprint density at radius 3 is 2.71 bits per heavy atom. The molecule has 1 fully saturated rings. The van der Waals surface area contributed by atoms with Gasteiger partial charge >= 0.3 is 0 Å². The number of hydrogen-bond acceptors (Lipinski definition) is 5. The number of methoxy groups -OCH3 is 1. The number of aromatic nitrogens is 1. The zero-order valence-corrected chi connectivity index (χ0v) is 18.2. The van der Waals surface area contributed by atoms with Crippen LogP contribution >= 0.6 is 0 Å². The Kier molecular flexibility index (Phi) is 6.16. The highest BCUT2D eigenvalue weighted by molar-refractivity contribution is 5.95. The van der Waals surface area contributed by atoms with Crippen LogP contribution in [0.1, 0.15) is 50.2 Å². The lowest BCUT2D eigenvalue weighted by Crippen LogP contribution is -2.16. The summed E-state index contributed by atoms with van der Waals surface area (Å²) in [6, 6.07) is 10.1. The van der Waals surface area contributed by atoms with E-state index in [2.05, 4.69) is 15.8 Å². The van der Waals surface area contributed by atoms with Crippen LogP contribution in [0.5, 0.6) is 11.5 Å². The van der Waals surface area contributed by atoms with Crippen LogP contribution in [0, 0.1) is 0 Å². The number of ketones is 1. The second kappa shape index (κ2) is 9.16. The van der Waals surface area contributed by atoms with Gasteiger partial charge in [-0.3, -0.25) is 10.2 Å². The molecule has 0 aliphatic heterocycles. The molecule has 3 aromatic rings. The summed E-state index contributed by atoms with van der Waals surface area (Å²) >= 11 is 0. The van der Waals surface area contributed by atoms with Crippen LogP contribution in [-0.2, 0) is 4.79 Å². The van der Waals surface area contributed by atoms with Crippen LogP contribution in [0.15, 0.2) is 42.6 Å². The second-order valence-corrected chi connectivity index (χ2v) is 7.78. The van der Waals surface area contributed by atoms with E-state index in [0.717, 1.165) is 57.7 Å². The van der Waals surface area contributed by atoms with Crippen LogP contribution in [-0.4, -0.2) is 24.5 Å². The Morgan fingerprint density at radius 1 is 1.23 bits per heavy atom. The summed E-state index contributed by atoms with van der Waals surface area (Å²) in [5.41, 5.74) is 11.3. The first-order chi connectivity index (χ1) is 15.1. The van der Waals surface area contributed by atoms with E-state index >= 15 is 0 Å². The van der Waals surface area contributed by atoms with Gasteiger partial charge in [-0.1, -0.05) is 12.5 Å². The van der Waals surface area contributed by atoms with Gasteiger partial charge < -0.3 is 19.9 Å². The van der Waals surface area contributed by atoms with Crippen molar-refractivity contribution < 1.29 is 14.3 Å². The number of H-pyrrole nitrogens is 1. The van der Waals surface area contributed by atoms with E-state index in [4.69, 9.17) is 9.47 Å². The summed E-state index contributed by atoms with van der Waals surface area (Å²) in [7, 11) is 1.68. The van der Waals surface area contributed by atoms with Gasteiger partial charge in [0.2, 0.25) is 0 Å².